The number of pyridine rings is 1. The molecule has 2 N–H and O–H groups in total. The van der Waals surface area contributed by atoms with Crippen LogP contribution in [0.5, 0.6) is 0 Å². The third-order valence-corrected chi connectivity index (χ3v) is 3.06. The van der Waals surface area contributed by atoms with E-state index in [1.54, 1.807) is 12.4 Å². The zero-order valence-corrected chi connectivity index (χ0v) is 11.5. The second kappa shape index (κ2) is 5.38. The van der Waals surface area contributed by atoms with Gasteiger partial charge in [-0.05, 0) is 24.3 Å². The number of anilines is 3. The molecule has 1 aromatic carbocycles. The van der Waals surface area contributed by atoms with Crippen molar-refractivity contribution in [2.75, 3.05) is 17.7 Å². The molecule has 17 heavy (non-hydrogen) atoms. The van der Waals surface area contributed by atoms with E-state index < -0.39 is 0 Å². The molecule has 1 aromatic heterocycles. The first-order chi connectivity index (χ1) is 8.19. The van der Waals surface area contributed by atoms with Crippen LogP contribution in [0, 0.1) is 0 Å². The molecule has 0 aliphatic heterocycles. The van der Waals surface area contributed by atoms with Gasteiger partial charge in [0.1, 0.15) is 0 Å². The molecule has 0 aliphatic carbocycles. The molecular weight excluding hydrogens is 302 g/mol. The second-order valence-corrected chi connectivity index (χ2v) is 4.78. The summed E-state index contributed by atoms with van der Waals surface area (Å²) in [5, 5.41) is 6.93. The van der Waals surface area contributed by atoms with Crippen molar-refractivity contribution >= 4 is 44.6 Å². The smallest absolute Gasteiger partial charge is 0.0641 e. The number of hydrogen-bond donors (Lipinski definition) is 2. The van der Waals surface area contributed by atoms with E-state index in [0.717, 1.165) is 21.5 Å². The molecule has 0 aliphatic rings. The fourth-order valence-electron chi connectivity index (χ4n) is 1.39. The predicted octanol–water partition coefficient (Wildman–Crippen LogP) is 4.28. The zero-order valence-electron chi connectivity index (χ0n) is 9.17. The maximum Gasteiger partial charge on any atom is 0.0641 e. The van der Waals surface area contributed by atoms with Gasteiger partial charge in [-0.25, -0.2) is 0 Å². The monoisotopic (exact) mass is 311 g/mol. The molecule has 5 heteroatoms. The number of nitrogens with one attached hydrogen (secondary N) is 2. The van der Waals surface area contributed by atoms with Gasteiger partial charge in [0.15, 0.2) is 0 Å². The van der Waals surface area contributed by atoms with E-state index in [-0.39, 0.29) is 0 Å². The lowest BCUT2D eigenvalue weighted by molar-refractivity contribution is 1.30. The third-order valence-electron chi connectivity index (χ3n) is 2.23. The highest BCUT2D eigenvalue weighted by molar-refractivity contribution is 9.10. The van der Waals surface area contributed by atoms with Crippen molar-refractivity contribution in [3.05, 3.63) is 46.2 Å². The molecule has 2 rings (SSSR count). The summed E-state index contributed by atoms with van der Waals surface area (Å²) >= 11 is 9.51. The summed E-state index contributed by atoms with van der Waals surface area (Å²) in [4.78, 5) is 4.12. The normalized spacial score (nSPS) is 10.1. The van der Waals surface area contributed by atoms with Gasteiger partial charge in [-0.1, -0.05) is 27.5 Å². The fourth-order valence-corrected chi connectivity index (χ4v) is 1.92. The highest BCUT2D eigenvalue weighted by Gasteiger charge is 2.02. The van der Waals surface area contributed by atoms with E-state index in [4.69, 9.17) is 11.6 Å². The van der Waals surface area contributed by atoms with Gasteiger partial charge in [-0.15, -0.1) is 0 Å². The highest BCUT2D eigenvalue weighted by atomic mass is 79.9. The fraction of sp³-hybridized carbons (Fsp3) is 0.0833. The van der Waals surface area contributed by atoms with E-state index in [2.05, 4.69) is 31.5 Å². The van der Waals surface area contributed by atoms with E-state index >= 15 is 0 Å². The summed E-state index contributed by atoms with van der Waals surface area (Å²) in [6.45, 7) is 0. The summed E-state index contributed by atoms with van der Waals surface area (Å²) in [5.41, 5.74) is 2.68. The maximum atomic E-state index is 6.10. The van der Waals surface area contributed by atoms with Crippen LogP contribution in [0.2, 0.25) is 5.02 Å². The molecule has 0 saturated carbocycles. The lowest BCUT2D eigenvalue weighted by Gasteiger charge is -2.09. The minimum atomic E-state index is 0.670. The molecule has 0 saturated heterocycles. The molecule has 0 amide bonds. The lowest BCUT2D eigenvalue weighted by atomic mass is 10.3. The van der Waals surface area contributed by atoms with Crippen LogP contribution in [0.1, 0.15) is 0 Å². The highest BCUT2D eigenvalue weighted by Crippen LogP contribution is 2.28. The van der Waals surface area contributed by atoms with Crippen molar-refractivity contribution in [3.8, 4) is 0 Å². The molecule has 3 nitrogen and oxygen atoms in total. The van der Waals surface area contributed by atoms with Crippen LogP contribution >= 0.6 is 27.5 Å². The first-order valence-electron chi connectivity index (χ1n) is 5.04. The Kier molecular flexibility index (Phi) is 3.86. The minimum Gasteiger partial charge on any atom is -0.387 e. The minimum absolute atomic E-state index is 0.670. The van der Waals surface area contributed by atoms with E-state index in [0.29, 0.717) is 5.02 Å². The largest absolute Gasteiger partial charge is 0.387 e. The van der Waals surface area contributed by atoms with Crippen LogP contribution in [0.15, 0.2) is 41.1 Å². The van der Waals surface area contributed by atoms with Crippen molar-refractivity contribution < 1.29 is 0 Å². The Morgan fingerprint density at radius 3 is 2.71 bits per heavy atom. The van der Waals surface area contributed by atoms with Crippen molar-refractivity contribution in [1.29, 1.82) is 0 Å². The predicted molar refractivity (Wildman–Crippen MR) is 76.2 cm³/mol. The van der Waals surface area contributed by atoms with Crippen molar-refractivity contribution in [3.63, 3.8) is 0 Å². The van der Waals surface area contributed by atoms with E-state index in [1.165, 1.54) is 0 Å². The van der Waals surface area contributed by atoms with Gasteiger partial charge in [-0.3, -0.25) is 4.98 Å². The molecule has 0 fully saturated rings. The Morgan fingerprint density at radius 1 is 1.18 bits per heavy atom. The molecule has 1 heterocycles. The van der Waals surface area contributed by atoms with Crippen LogP contribution in [-0.2, 0) is 0 Å². The Balaban J connectivity index is 2.27. The lowest BCUT2D eigenvalue weighted by Crippen LogP contribution is -1.95. The van der Waals surface area contributed by atoms with Crippen molar-refractivity contribution in [2.24, 2.45) is 0 Å². The summed E-state index contributed by atoms with van der Waals surface area (Å²) < 4.78 is 0.974. The summed E-state index contributed by atoms with van der Waals surface area (Å²) in [6.07, 6.45) is 3.51. The molecule has 88 valence electrons. The van der Waals surface area contributed by atoms with Gasteiger partial charge >= 0.3 is 0 Å². The SMILES string of the molecule is CNc1cncc(Nc2cc(Br)ccc2Cl)c1. The average Bonchev–Trinajstić information content (AvgIpc) is 2.34. The molecule has 0 radical (unpaired) electrons. The van der Waals surface area contributed by atoms with Gasteiger partial charge in [0.2, 0.25) is 0 Å². The number of rotatable bonds is 3. The van der Waals surface area contributed by atoms with Gasteiger partial charge in [-0.2, -0.15) is 0 Å². The molecule has 0 bridgehead atoms. The molecular formula is C12H11BrClN3. The van der Waals surface area contributed by atoms with Crippen LogP contribution in [0.3, 0.4) is 0 Å². The van der Waals surface area contributed by atoms with Crippen molar-refractivity contribution in [1.82, 2.24) is 4.98 Å². The Morgan fingerprint density at radius 2 is 1.94 bits per heavy atom. The number of hydrogen-bond acceptors (Lipinski definition) is 3. The molecule has 2 aromatic rings. The zero-order chi connectivity index (χ0) is 12.3. The van der Waals surface area contributed by atoms with Crippen LogP contribution in [0.25, 0.3) is 0 Å². The molecule has 0 atom stereocenters. The topological polar surface area (TPSA) is 37.0 Å². The van der Waals surface area contributed by atoms with Crippen LogP contribution in [-0.4, -0.2) is 12.0 Å². The van der Waals surface area contributed by atoms with Gasteiger partial charge < -0.3 is 10.6 Å². The third kappa shape index (κ3) is 3.11. The Hall–Kier alpha value is -1.26. The number of halogens is 2. The summed E-state index contributed by atoms with van der Waals surface area (Å²) in [5.74, 6) is 0. The van der Waals surface area contributed by atoms with E-state index in [9.17, 15) is 0 Å². The van der Waals surface area contributed by atoms with Gasteiger partial charge in [0, 0.05) is 11.5 Å². The number of nitrogens with zero attached hydrogens (tertiary/aromatic N) is 1. The molecule has 0 spiro atoms. The maximum absolute atomic E-state index is 6.10. The summed E-state index contributed by atoms with van der Waals surface area (Å²) in [6, 6.07) is 7.62. The van der Waals surface area contributed by atoms with Crippen LogP contribution < -0.4 is 10.6 Å². The second-order valence-electron chi connectivity index (χ2n) is 3.46. The standard InChI is InChI=1S/C12H11BrClN3/c1-15-9-5-10(7-16-6-9)17-12-4-8(13)2-3-11(12)14/h2-7,15,17H,1H3. The Bertz CT molecular complexity index is 531. The van der Waals surface area contributed by atoms with Crippen molar-refractivity contribution in [2.45, 2.75) is 0 Å². The Labute approximate surface area is 113 Å². The number of aromatic nitrogens is 1. The van der Waals surface area contributed by atoms with Crippen LogP contribution in [0.4, 0.5) is 17.1 Å². The first-order valence-corrected chi connectivity index (χ1v) is 6.21. The van der Waals surface area contributed by atoms with Gasteiger partial charge in [0.05, 0.1) is 34.5 Å². The van der Waals surface area contributed by atoms with Gasteiger partial charge in [0.25, 0.3) is 0 Å². The quantitative estimate of drug-likeness (QED) is 0.888. The van der Waals surface area contributed by atoms with E-state index in [1.807, 2.05) is 31.3 Å². The average molecular weight is 313 g/mol. The summed E-state index contributed by atoms with van der Waals surface area (Å²) in [7, 11) is 1.85. The first kappa shape index (κ1) is 12.2. The number of benzene rings is 1. The molecule has 0 unspecified atom stereocenters.